The average molecular weight is 282 g/mol. The molecule has 0 N–H and O–H groups in total. The van der Waals surface area contributed by atoms with Crippen LogP contribution in [0.5, 0.6) is 0 Å². The molecule has 1 heterocycles. The van der Waals surface area contributed by atoms with Crippen molar-refractivity contribution in [3.8, 4) is 0 Å². The standard InChI is InChI=1S/C17H14O2S/c1-12-7-8-15-14(9-12)16(10-17(18)19-15)20-11-13-5-3-2-4-6-13/h2-10H,11H2,1H3. The summed E-state index contributed by atoms with van der Waals surface area (Å²) in [5.41, 5.74) is 2.76. The Labute approximate surface area is 121 Å². The minimum Gasteiger partial charge on any atom is -0.423 e. The Bertz CT molecular complexity index is 791. The molecule has 0 radical (unpaired) electrons. The fourth-order valence-electron chi connectivity index (χ4n) is 2.10. The van der Waals surface area contributed by atoms with Gasteiger partial charge in [-0.15, -0.1) is 11.8 Å². The normalized spacial score (nSPS) is 10.8. The van der Waals surface area contributed by atoms with Gasteiger partial charge in [0.15, 0.2) is 0 Å². The Morgan fingerprint density at radius 3 is 2.65 bits per heavy atom. The van der Waals surface area contributed by atoms with Crippen LogP contribution < -0.4 is 5.63 Å². The summed E-state index contributed by atoms with van der Waals surface area (Å²) in [4.78, 5) is 12.6. The smallest absolute Gasteiger partial charge is 0.337 e. The largest absolute Gasteiger partial charge is 0.423 e. The third-order valence-electron chi connectivity index (χ3n) is 3.10. The number of aryl methyl sites for hydroxylation is 1. The van der Waals surface area contributed by atoms with E-state index in [0.29, 0.717) is 5.58 Å². The molecule has 100 valence electrons. The van der Waals surface area contributed by atoms with Gasteiger partial charge in [-0.25, -0.2) is 4.79 Å². The highest BCUT2D eigenvalue weighted by Gasteiger charge is 2.06. The van der Waals surface area contributed by atoms with E-state index >= 15 is 0 Å². The molecule has 0 aliphatic heterocycles. The van der Waals surface area contributed by atoms with Crippen LogP contribution in [0.2, 0.25) is 0 Å². The molecule has 20 heavy (non-hydrogen) atoms. The van der Waals surface area contributed by atoms with Crippen molar-refractivity contribution in [2.24, 2.45) is 0 Å². The van der Waals surface area contributed by atoms with Gasteiger partial charge in [-0.1, -0.05) is 42.0 Å². The molecule has 2 nitrogen and oxygen atoms in total. The molecule has 0 spiro atoms. The first-order valence-electron chi connectivity index (χ1n) is 6.43. The van der Waals surface area contributed by atoms with E-state index in [9.17, 15) is 4.79 Å². The summed E-state index contributed by atoms with van der Waals surface area (Å²) >= 11 is 1.67. The number of hydrogen-bond acceptors (Lipinski definition) is 3. The fourth-order valence-corrected chi connectivity index (χ4v) is 3.11. The molecule has 3 heteroatoms. The number of thioether (sulfide) groups is 1. The van der Waals surface area contributed by atoms with Crippen LogP contribution in [0.15, 0.2) is 68.7 Å². The number of fused-ring (bicyclic) bond motifs is 1. The summed E-state index contributed by atoms with van der Waals surface area (Å²) in [5, 5.41) is 1.01. The van der Waals surface area contributed by atoms with Crippen molar-refractivity contribution in [3.05, 3.63) is 76.1 Å². The van der Waals surface area contributed by atoms with E-state index in [0.717, 1.165) is 21.6 Å². The minimum atomic E-state index is -0.295. The predicted octanol–water partition coefficient (Wildman–Crippen LogP) is 4.39. The lowest BCUT2D eigenvalue weighted by Crippen LogP contribution is -1.97. The van der Waals surface area contributed by atoms with Crippen LogP contribution in [0.3, 0.4) is 0 Å². The van der Waals surface area contributed by atoms with Crippen molar-refractivity contribution in [2.45, 2.75) is 17.6 Å². The highest BCUT2D eigenvalue weighted by molar-refractivity contribution is 7.98. The van der Waals surface area contributed by atoms with Gasteiger partial charge in [0.25, 0.3) is 0 Å². The lowest BCUT2D eigenvalue weighted by atomic mass is 10.2. The zero-order valence-corrected chi connectivity index (χ0v) is 11.9. The maximum absolute atomic E-state index is 11.6. The van der Waals surface area contributed by atoms with Gasteiger partial charge in [0.05, 0.1) is 0 Å². The fraction of sp³-hybridized carbons (Fsp3) is 0.118. The molecule has 0 saturated carbocycles. The van der Waals surface area contributed by atoms with E-state index < -0.39 is 0 Å². The molecule has 0 saturated heterocycles. The van der Waals surface area contributed by atoms with Crippen LogP contribution in [0, 0.1) is 6.92 Å². The van der Waals surface area contributed by atoms with Crippen LogP contribution in [0.25, 0.3) is 11.0 Å². The zero-order valence-electron chi connectivity index (χ0n) is 11.1. The van der Waals surface area contributed by atoms with Gasteiger partial charge < -0.3 is 4.42 Å². The van der Waals surface area contributed by atoms with E-state index in [1.165, 1.54) is 5.56 Å². The Kier molecular flexibility index (Phi) is 3.61. The van der Waals surface area contributed by atoms with E-state index in [2.05, 4.69) is 18.2 Å². The second-order valence-electron chi connectivity index (χ2n) is 4.70. The van der Waals surface area contributed by atoms with Gasteiger partial charge in [0, 0.05) is 22.1 Å². The summed E-state index contributed by atoms with van der Waals surface area (Å²) in [6.07, 6.45) is 0. The van der Waals surface area contributed by atoms with Gasteiger partial charge in [0.2, 0.25) is 0 Å². The van der Waals surface area contributed by atoms with E-state index in [4.69, 9.17) is 4.42 Å². The quantitative estimate of drug-likeness (QED) is 0.527. The molecule has 0 bridgehead atoms. The molecule has 3 aromatic rings. The monoisotopic (exact) mass is 282 g/mol. The SMILES string of the molecule is Cc1ccc2oc(=O)cc(SCc3ccccc3)c2c1. The Morgan fingerprint density at radius 1 is 1.05 bits per heavy atom. The zero-order chi connectivity index (χ0) is 13.9. The molecule has 2 aromatic carbocycles. The van der Waals surface area contributed by atoms with E-state index in [-0.39, 0.29) is 5.63 Å². The van der Waals surface area contributed by atoms with Crippen molar-refractivity contribution < 1.29 is 4.42 Å². The van der Waals surface area contributed by atoms with Gasteiger partial charge in [-0.3, -0.25) is 0 Å². The van der Waals surface area contributed by atoms with E-state index in [1.54, 1.807) is 17.8 Å². The third kappa shape index (κ3) is 2.78. The molecule has 0 fully saturated rings. The summed E-state index contributed by atoms with van der Waals surface area (Å²) < 4.78 is 5.24. The van der Waals surface area contributed by atoms with Crippen LogP contribution >= 0.6 is 11.8 Å². The number of benzene rings is 2. The highest BCUT2D eigenvalue weighted by Crippen LogP contribution is 2.29. The predicted molar refractivity (Wildman–Crippen MR) is 83.2 cm³/mol. The van der Waals surface area contributed by atoms with Crippen molar-refractivity contribution >= 4 is 22.7 Å². The van der Waals surface area contributed by atoms with Crippen molar-refractivity contribution in [3.63, 3.8) is 0 Å². The first-order valence-corrected chi connectivity index (χ1v) is 7.42. The van der Waals surface area contributed by atoms with Crippen LogP contribution in [0.1, 0.15) is 11.1 Å². The topological polar surface area (TPSA) is 30.2 Å². The molecular weight excluding hydrogens is 268 g/mol. The Hall–Kier alpha value is -2.00. The summed E-state index contributed by atoms with van der Waals surface area (Å²) in [7, 11) is 0. The van der Waals surface area contributed by atoms with Crippen molar-refractivity contribution in [1.82, 2.24) is 0 Å². The molecule has 0 aliphatic rings. The molecule has 1 aromatic heterocycles. The molecular formula is C17H14O2S. The van der Waals surface area contributed by atoms with Crippen molar-refractivity contribution in [1.29, 1.82) is 0 Å². The molecule has 0 atom stereocenters. The van der Waals surface area contributed by atoms with Crippen LogP contribution in [0.4, 0.5) is 0 Å². The Morgan fingerprint density at radius 2 is 1.85 bits per heavy atom. The highest BCUT2D eigenvalue weighted by atomic mass is 32.2. The molecule has 3 rings (SSSR count). The summed E-state index contributed by atoms with van der Waals surface area (Å²) in [6.45, 7) is 2.04. The maximum Gasteiger partial charge on any atom is 0.337 e. The van der Waals surface area contributed by atoms with Crippen molar-refractivity contribution in [2.75, 3.05) is 0 Å². The maximum atomic E-state index is 11.6. The van der Waals surface area contributed by atoms with Gasteiger partial charge in [0.1, 0.15) is 5.58 Å². The lowest BCUT2D eigenvalue weighted by Gasteiger charge is -2.06. The molecule has 0 aliphatic carbocycles. The second kappa shape index (κ2) is 5.55. The van der Waals surface area contributed by atoms with E-state index in [1.807, 2.05) is 37.3 Å². The summed E-state index contributed by atoms with van der Waals surface area (Å²) in [5.74, 6) is 0.841. The van der Waals surface area contributed by atoms with Crippen LogP contribution in [-0.4, -0.2) is 0 Å². The first kappa shape index (κ1) is 13.0. The number of rotatable bonds is 3. The minimum absolute atomic E-state index is 0.295. The Balaban J connectivity index is 1.98. The van der Waals surface area contributed by atoms with Gasteiger partial charge in [-0.05, 0) is 24.6 Å². The third-order valence-corrected chi connectivity index (χ3v) is 4.22. The summed E-state index contributed by atoms with van der Waals surface area (Å²) in [6, 6.07) is 17.7. The van der Waals surface area contributed by atoms with Gasteiger partial charge in [-0.2, -0.15) is 0 Å². The number of hydrogen-bond donors (Lipinski definition) is 0. The first-order chi connectivity index (χ1) is 9.72. The van der Waals surface area contributed by atoms with Crippen LogP contribution in [-0.2, 0) is 5.75 Å². The average Bonchev–Trinajstić information content (AvgIpc) is 2.46. The molecule has 0 amide bonds. The van der Waals surface area contributed by atoms with Gasteiger partial charge >= 0.3 is 5.63 Å². The molecule has 0 unspecified atom stereocenters. The second-order valence-corrected chi connectivity index (χ2v) is 5.72. The lowest BCUT2D eigenvalue weighted by molar-refractivity contribution is 0.557.